The normalized spacial score (nSPS) is 15.9. The number of halogens is 1. The van der Waals surface area contributed by atoms with Gasteiger partial charge in [-0.3, -0.25) is 0 Å². The molecule has 9 nitrogen and oxygen atoms in total. The van der Waals surface area contributed by atoms with E-state index in [9.17, 15) is 26.0 Å². The smallest absolute Gasteiger partial charge is 0.338 e. The maximum atomic E-state index is 14.3. The van der Waals surface area contributed by atoms with Crippen molar-refractivity contribution in [1.82, 2.24) is 8.61 Å². The lowest BCUT2D eigenvalue weighted by molar-refractivity contribution is 0.0440. The average molecular weight is 475 g/mol. The third-order valence-corrected chi connectivity index (χ3v) is 8.42. The zero-order valence-corrected chi connectivity index (χ0v) is 18.7. The van der Waals surface area contributed by atoms with E-state index in [-0.39, 0.29) is 23.0 Å². The number of esters is 1. The van der Waals surface area contributed by atoms with Crippen molar-refractivity contribution in [2.24, 2.45) is 0 Å². The molecule has 0 N–H and O–H groups in total. The standard InChI is InChI=1S/C19H23FN2O7S2/c1-21(2)31(26,27)18-9-7-15(29-18)13-28-19(23)14-6-8-16(20)17(12-14)30(24,25)22-10-4-3-5-11-22/h6-9,12H,3-5,10-11,13H2,1-2H3. The van der Waals surface area contributed by atoms with Gasteiger partial charge in [-0.1, -0.05) is 6.42 Å². The molecule has 3 rings (SSSR count). The molecule has 1 aromatic carbocycles. The van der Waals surface area contributed by atoms with Crippen LogP contribution in [-0.4, -0.2) is 58.6 Å². The van der Waals surface area contributed by atoms with Crippen LogP contribution in [0, 0.1) is 5.82 Å². The number of hydrogen-bond donors (Lipinski definition) is 0. The second-order valence-electron chi connectivity index (χ2n) is 7.19. The molecule has 1 fully saturated rings. The van der Waals surface area contributed by atoms with Crippen LogP contribution in [0.1, 0.15) is 35.4 Å². The van der Waals surface area contributed by atoms with E-state index in [2.05, 4.69) is 0 Å². The molecular formula is C19H23FN2O7S2. The van der Waals surface area contributed by atoms with E-state index in [1.165, 1.54) is 30.5 Å². The van der Waals surface area contributed by atoms with E-state index >= 15 is 0 Å². The van der Waals surface area contributed by atoms with Gasteiger partial charge in [-0.25, -0.2) is 30.3 Å². The minimum Gasteiger partial charge on any atom is -0.454 e. The highest BCUT2D eigenvalue weighted by molar-refractivity contribution is 7.89. The Morgan fingerprint density at radius 2 is 1.77 bits per heavy atom. The summed E-state index contributed by atoms with van der Waals surface area (Å²) in [5.41, 5.74) is -0.148. The van der Waals surface area contributed by atoms with E-state index in [4.69, 9.17) is 9.15 Å². The first-order valence-electron chi connectivity index (χ1n) is 9.51. The third kappa shape index (κ3) is 4.97. The Hall–Kier alpha value is -2.28. The minimum atomic E-state index is -4.08. The summed E-state index contributed by atoms with van der Waals surface area (Å²) < 4.78 is 76.3. The summed E-state index contributed by atoms with van der Waals surface area (Å²) in [5, 5.41) is -0.305. The second kappa shape index (κ2) is 9.07. The number of ether oxygens (including phenoxy) is 1. The fraction of sp³-hybridized carbons (Fsp3) is 0.421. The predicted octanol–water partition coefficient (Wildman–Crippen LogP) is 2.20. The lowest BCUT2D eigenvalue weighted by Gasteiger charge is -2.26. The molecule has 170 valence electrons. The van der Waals surface area contributed by atoms with Crippen LogP contribution in [0.2, 0.25) is 0 Å². The van der Waals surface area contributed by atoms with Crippen molar-refractivity contribution in [1.29, 1.82) is 0 Å². The number of carbonyl (C=O) groups is 1. The SMILES string of the molecule is CN(C)S(=O)(=O)c1ccc(COC(=O)c2ccc(F)c(S(=O)(=O)N3CCCCC3)c2)o1. The third-order valence-electron chi connectivity index (χ3n) is 4.82. The van der Waals surface area contributed by atoms with Gasteiger partial charge in [0.2, 0.25) is 15.1 Å². The largest absolute Gasteiger partial charge is 0.454 e. The van der Waals surface area contributed by atoms with Crippen molar-refractivity contribution >= 4 is 26.0 Å². The van der Waals surface area contributed by atoms with Gasteiger partial charge in [0.15, 0.2) is 0 Å². The lowest BCUT2D eigenvalue weighted by Crippen LogP contribution is -2.36. The fourth-order valence-corrected chi connectivity index (χ4v) is 5.47. The summed E-state index contributed by atoms with van der Waals surface area (Å²) in [6.45, 7) is 0.216. The highest BCUT2D eigenvalue weighted by Gasteiger charge is 2.29. The quantitative estimate of drug-likeness (QED) is 0.565. The van der Waals surface area contributed by atoms with Crippen LogP contribution >= 0.6 is 0 Å². The molecule has 0 aliphatic carbocycles. The van der Waals surface area contributed by atoms with Crippen molar-refractivity contribution in [3.63, 3.8) is 0 Å². The summed E-state index contributed by atoms with van der Waals surface area (Å²) in [6, 6.07) is 5.56. The minimum absolute atomic E-state index is 0.0806. The number of sulfonamides is 2. The molecule has 0 radical (unpaired) electrons. The summed E-state index contributed by atoms with van der Waals surface area (Å²) in [5.74, 6) is -1.77. The Kier molecular flexibility index (Phi) is 6.84. The van der Waals surface area contributed by atoms with Crippen molar-refractivity contribution in [3.8, 4) is 0 Å². The van der Waals surface area contributed by atoms with Crippen LogP contribution in [0.4, 0.5) is 4.39 Å². The number of rotatable bonds is 7. The molecule has 31 heavy (non-hydrogen) atoms. The van der Waals surface area contributed by atoms with Crippen LogP contribution in [-0.2, 0) is 31.4 Å². The van der Waals surface area contributed by atoms with E-state index in [1.807, 2.05) is 0 Å². The Morgan fingerprint density at radius 3 is 2.42 bits per heavy atom. The molecule has 1 aliphatic heterocycles. The van der Waals surface area contributed by atoms with Crippen molar-refractivity contribution in [2.75, 3.05) is 27.2 Å². The second-order valence-corrected chi connectivity index (χ2v) is 11.2. The van der Waals surface area contributed by atoms with Crippen LogP contribution in [0.25, 0.3) is 0 Å². The molecule has 12 heteroatoms. The van der Waals surface area contributed by atoms with E-state index in [0.29, 0.717) is 25.9 Å². The van der Waals surface area contributed by atoms with E-state index in [0.717, 1.165) is 28.9 Å². The first kappa shape index (κ1) is 23.4. The number of furan rings is 1. The van der Waals surface area contributed by atoms with E-state index < -0.39 is 36.7 Å². The van der Waals surface area contributed by atoms with Gasteiger partial charge in [0, 0.05) is 27.2 Å². The summed E-state index contributed by atoms with van der Waals surface area (Å²) in [7, 11) is -5.15. The van der Waals surface area contributed by atoms with Crippen LogP contribution in [0.3, 0.4) is 0 Å². The zero-order valence-electron chi connectivity index (χ0n) is 17.1. The van der Waals surface area contributed by atoms with Crippen LogP contribution < -0.4 is 0 Å². The number of hydrogen-bond acceptors (Lipinski definition) is 7. The van der Waals surface area contributed by atoms with Gasteiger partial charge >= 0.3 is 5.97 Å². The number of carbonyl (C=O) groups excluding carboxylic acids is 1. The summed E-state index contributed by atoms with van der Waals surface area (Å²) in [6.07, 6.45) is 2.29. The Morgan fingerprint density at radius 1 is 1.10 bits per heavy atom. The molecular weight excluding hydrogens is 451 g/mol. The molecule has 2 heterocycles. The maximum absolute atomic E-state index is 14.3. The Labute approximate surface area is 180 Å². The Balaban J connectivity index is 1.75. The highest BCUT2D eigenvalue weighted by atomic mass is 32.2. The topological polar surface area (TPSA) is 114 Å². The number of benzene rings is 1. The molecule has 0 unspecified atom stereocenters. The molecule has 0 atom stereocenters. The van der Waals surface area contributed by atoms with Crippen LogP contribution in [0.5, 0.6) is 0 Å². The number of piperidine rings is 1. The van der Waals surface area contributed by atoms with Gasteiger partial charge in [0.25, 0.3) is 10.0 Å². The van der Waals surface area contributed by atoms with Crippen LogP contribution in [0.15, 0.2) is 44.7 Å². The molecule has 0 spiro atoms. The van der Waals surface area contributed by atoms with E-state index in [1.54, 1.807) is 0 Å². The molecule has 1 aromatic heterocycles. The van der Waals surface area contributed by atoms with Crippen molar-refractivity contribution in [3.05, 3.63) is 47.5 Å². The molecule has 0 bridgehead atoms. The first-order valence-corrected chi connectivity index (χ1v) is 12.4. The molecule has 1 saturated heterocycles. The summed E-state index contributed by atoms with van der Waals surface area (Å²) >= 11 is 0. The molecule has 0 saturated carbocycles. The monoisotopic (exact) mass is 474 g/mol. The highest BCUT2D eigenvalue weighted by Crippen LogP contribution is 2.24. The lowest BCUT2D eigenvalue weighted by atomic mass is 10.2. The molecule has 1 aliphatic rings. The van der Waals surface area contributed by atoms with Crippen molar-refractivity contribution < 1.29 is 35.2 Å². The van der Waals surface area contributed by atoms with Gasteiger partial charge < -0.3 is 9.15 Å². The summed E-state index contributed by atoms with van der Waals surface area (Å²) in [4.78, 5) is 11.8. The number of nitrogens with zero attached hydrogens (tertiary/aromatic N) is 2. The molecule has 2 aromatic rings. The zero-order chi connectivity index (χ0) is 22.8. The fourth-order valence-electron chi connectivity index (χ4n) is 3.05. The van der Waals surface area contributed by atoms with Gasteiger partial charge in [0.05, 0.1) is 5.56 Å². The van der Waals surface area contributed by atoms with Crippen molar-refractivity contribution in [2.45, 2.75) is 35.9 Å². The molecule has 0 amide bonds. The maximum Gasteiger partial charge on any atom is 0.338 e. The van der Waals surface area contributed by atoms with Gasteiger partial charge in [-0.05, 0) is 43.2 Å². The van der Waals surface area contributed by atoms with Gasteiger partial charge in [-0.15, -0.1) is 0 Å². The Bertz CT molecular complexity index is 1170. The average Bonchev–Trinajstić information content (AvgIpc) is 3.22. The van der Waals surface area contributed by atoms with Gasteiger partial charge in [-0.2, -0.15) is 4.31 Å². The van der Waals surface area contributed by atoms with Gasteiger partial charge in [0.1, 0.15) is 23.1 Å². The predicted molar refractivity (Wildman–Crippen MR) is 108 cm³/mol. The first-order chi connectivity index (χ1) is 14.5.